The van der Waals surface area contributed by atoms with Gasteiger partial charge in [0.2, 0.25) is 5.95 Å². The molecule has 0 unspecified atom stereocenters. The number of benzene rings is 1. The molecule has 2 N–H and O–H groups in total. The molecule has 2 aromatic heterocycles. The normalized spacial score (nSPS) is 14.9. The van der Waals surface area contributed by atoms with Crippen LogP contribution in [0.3, 0.4) is 0 Å². The highest BCUT2D eigenvalue weighted by Gasteiger charge is 2.40. The molecule has 30 heavy (non-hydrogen) atoms. The molecule has 1 fully saturated rings. The summed E-state index contributed by atoms with van der Waals surface area (Å²) in [4.78, 5) is 15.2. The minimum atomic E-state index is -0.447. The Morgan fingerprint density at radius 3 is 2.33 bits per heavy atom. The van der Waals surface area contributed by atoms with Crippen LogP contribution in [0.25, 0.3) is 22.2 Å². The van der Waals surface area contributed by atoms with E-state index in [2.05, 4.69) is 16.0 Å². The third kappa shape index (κ3) is 3.20. The van der Waals surface area contributed by atoms with Crippen LogP contribution >= 0.6 is 23.2 Å². The number of methoxy groups -OCH3 is 2. The summed E-state index contributed by atoms with van der Waals surface area (Å²) < 4.78 is 10.7. The van der Waals surface area contributed by atoms with Crippen LogP contribution in [0.5, 0.6) is 11.5 Å². The maximum Gasteiger partial charge on any atom is 0.220 e. The van der Waals surface area contributed by atoms with Gasteiger partial charge in [0.15, 0.2) is 5.82 Å². The van der Waals surface area contributed by atoms with E-state index in [-0.39, 0.29) is 5.95 Å². The first kappa shape index (κ1) is 20.3. The Kier molecular flexibility index (Phi) is 4.96. The maximum atomic E-state index is 9.38. The van der Waals surface area contributed by atoms with Gasteiger partial charge in [-0.05, 0) is 13.0 Å². The summed E-state index contributed by atoms with van der Waals surface area (Å²) in [5.41, 5.74) is 6.93. The lowest BCUT2D eigenvalue weighted by Crippen LogP contribution is -2.54. The molecule has 154 valence electrons. The molecule has 3 heterocycles. The molecule has 1 aliphatic rings. The third-order valence-corrected chi connectivity index (χ3v) is 5.80. The maximum absolute atomic E-state index is 9.38. The van der Waals surface area contributed by atoms with E-state index >= 15 is 0 Å². The largest absolute Gasteiger partial charge is 0.495 e. The minimum absolute atomic E-state index is 0.140. The number of ether oxygens (including phenoxy) is 2. The smallest absolute Gasteiger partial charge is 0.220 e. The molecule has 8 nitrogen and oxygen atoms in total. The summed E-state index contributed by atoms with van der Waals surface area (Å²) in [5.74, 6) is 1.54. The fourth-order valence-corrected chi connectivity index (χ4v) is 4.21. The van der Waals surface area contributed by atoms with Gasteiger partial charge in [-0.2, -0.15) is 5.26 Å². The van der Waals surface area contributed by atoms with E-state index in [9.17, 15) is 5.26 Å². The number of nitriles is 1. The molecule has 1 aliphatic heterocycles. The highest BCUT2D eigenvalue weighted by atomic mass is 35.5. The predicted octanol–water partition coefficient (Wildman–Crippen LogP) is 3.95. The molecule has 3 aromatic rings. The number of nitrogens with zero attached hydrogens (tertiary/aromatic N) is 5. The number of pyridine rings is 1. The Bertz CT molecular complexity index is 1180. The molecular formula is C20H18Cl2N6O2. The monoisotopic (exact) mass is 444 g/mol. The Morgan fingerprint density at radius 2 is 1.77 bits per heavy atom. The first-order chi connectivity index (χ1) is 14.3. The topological polar surface area (TPSA) is 110 Å². The van der Waals surface area contributed by atoms with Gasteiger partial charge in [0.05, 0.1) is 41.4 Å². The Balaban J connectivity index is 1.96. The zero-order chi connectivity index (χ0) is 21.6. The van der Waals surface area contributed by atoms with Crippen molar-refractivity contribution in [3.05, 3.63) is 28.4 Å². The van der Waals surface area contributed by atoms with E-state index < -0.39 is 5.41 Å². The van der Waals surface area contributed by atoms with Gasteiger partial charge in [0.25, 0.3) is 0 Å². The number of aromatic nitrogens is 3. The van der Waals surface area contributed by atoms with Crippen molar-refractivity contribution >= 4 is 45.9 Å². The molecule has 1 aromatic carbocycles. The first-order valence-corrected chi connectivity index (χ1v) is 9.75. The van der Waals surface area contributed by atoms with E-state index in [1.54, 1.807) is 18.3 Å². The molecule has 0 aliphatic carbocycles. The van der Waals surface area contributed by atoms with Gasteiger partial charge in [-0.15, -0.1) is 0 Å². The number of nitrogens with two attached hydrogens (primary N) is 1. The number of nitrogen functional groups attached to an aromatic ring is 1. The Morgan fingerprint density at radius 1 is 1.13 bits per heavy atom. The van der Waals surface area contributed by atoms with Crippen LogP contribution in [0.2, 0.25) is 10.0 Å². The first-order valence-electron chi connectivity index (χ1n) is 9.00. The number of fused-ring (bicyclic) bond motifs is 1. The second-order valence-corrected chi connectivity index (χ2v) is 8.07. The van der Waals surface area contributed by atoms with Crippen LogP contribution in [0.15, 0.2) is 18.3 Å². The van der Waals surface area contributed by atoms with Crippen molar-refractivity contribution in [1.29, 1.82) is 5.26 Å². The molecule has 0 radical (unpaired) electrons. The number of rotatable bonds is 4. The van der Waals surface area contributed by atoms with Crippen molar-refractivity contribution in [3.63, 3.8) is 0 Å². The summed E-state index contributed by atoms with van der Waals surface area (Å²) >= 11 is 13.2. The van der Waals surface area contributed by atoms with Crippen LogP contribution in [0.4, 0.5) is 11.8 Å². The predicted molar refractivity (Wildman–Crippen MR) is 116 cm³/mol. The van der Waals surface area contributed by atoms with Crippen molar-refractivity contribution < 1.29 is 9.47 Å². The van der Waals surface area contributed by atoms with E-state index in [0.717, 1.165) is 0 Å². The number of halogens is 2. The van der Waals surface area contributed by atoms with Gasteiger partial charge in [0.1, 0.15) is 17.0 Å². The molecule has 4 rings (SSSR count). The van der Waals surface area contributed by atoms with Crippen molar-refractivity contribution in [3.8, 4) is 28.8 Å². The zero-order valence-corrected chi connectivity index (χ0v) is 18.0. The highest BCUT2D eigenvalue weighted by molar-refractivity contribution is 6.41. The third-order valence-electron chi connectivity index (χ3n) is 5.04. The number of anilines is 2. The second kappa shape index (κ2) is 7.35. The summed E-state index contributed by atoms with van der Waals surface area (Å²) in [6.07, 6.45) is 1.62. The van der Waals surface area contributed by atoms with Crippen LogP contribution < -0.4 is 20.1 Å². The molecule has 10 heteroatoms. The summed E-state index contributed by atoms with van der Waals surface area (Å²) in [5, 5.41) is 10.7. The zero-order valence-electron chi connectivity index (χ0n) is 16.5. The highest BCUT2D eigenvalue weighted by Crippen LogP contribution is 2.47. The van der Waals surface area contributed by atoms with Crippen LogP contribution in [-0.2, 0) is 0 Å². The van der Waals surface area contributed by atoms with Gasteiger partial charge in [0, 0.05) is 36.3 Å². The van der Waals surface area contributed by atoms with Crippen LogP contribution in [-0.4, -0.2) is 42.3 Å². The fraction of sp³-hybridized carbons (Fsp3) is 0.300. The molecule has 0 bridgehead atoms. The lowest BCUT2D eigenvalue weighted by atomic mass is 9.83. The van der Waals surface area contributed by atoms with Gasteiger partial charge >= 0.3 is 0 Å². The number of hydrogen-bond donors (Lipinski definition) is 1. The van der Waals surface area contributed by atoms with Crippen molar-refractivity contribution in [1.82, 2.24) is 15.0 Å². The molecule has 1 saturated heterocycles. The average molecular weight is 445 g/mol. The molecule has 0 spiro atoms. The Labute approximate surface area is 183 Å². The quantitative estimate of drug-likeness (QED) is 0.643. The second-order valence-electron chi connectivity index (χ2n) is 7.31. The van der Waals surface area contributed by atoms with Crippen LogP contribution in [0.1, 0.15) is 6.92 Å². The molecule has 0 atom stereocenters. The fourth-order valence-electron chi connectivity index (χ4n) is 3.51. The number of hydrogen-bond acceptors (Lipinski definition) is 8. The molecule has 0 amide bonds. The Hall–Kier alpha value is -3.02. The van der Waals surface area contributed by atoms with E-state index in [1.807, 2.05) is 11.8 Å². The summed E-state index contributed by atoms with van der Waals surface area (Å²) in [6.45, 7) is 2.93. The van der Waals surface area contributed by atoms with Gasteiger partial charge in [-0.1, -0.05) is 23.2 Å². The summed E-state index contributed by atoms with van der Waals surface area (Å²) in [6, 6.07) is 5.73. The van der Waals surface area contributed by atoms with Crippen molar-refractivity contribution in [2.45, 2.75) is 6.92 Å². The van der Waals surface area contributed by atoms with Gasteiger partial charge in [-0.25, -0.2) is 15.0 Å². The van der Waals surface area contributed by atoms with Gasteiger partial charge < -0.3 is 20.1 Å². The van der Waals surface area contributed by atoms with E-state index in [0.29, 0.717) is 62.6 Å². The molecular weight excluding hydrogens is 427 g/mol. The SMILES string of the molecule is COc1cc(OC)c(Cl)c(-c2cc3cnc(N)nc3c(N3CC(C)(C#N)C3)n2)c1Cl. The van der Waals surface area contributed by atoms with Gasteiger partial charge in [-0.3, -0.25) is 0 Å². The van der Waals surface area contributed by atoms with Crippen molar-refractivity contribution in [2.24, 2.45) is 5.41 Å². The van der Waals surface area contributed by atoms with Crippen molar-refractivity contribution in [2.75, 3.05) is 37.9 Å². The van der Waals surface area contributed by atoms with E-state index in [1.165, 1.54) is 14.2 Å². The minimum Gasteiger partial charge on any atom is -0.495 e. The standard InChI is InChI=1S/C20H18Cl2N6O2/c1-20(7-23)8-28(9-20)18-17-10(6-25-19(24)27-17)4-11(26-18)14-15(21)12(29-2)5-13(30-3)16(14)22/h4-6H,8-9H2,1-3H3,(H2,24,25,27). The lowest BCUT2D eigenvalue weighted by molar-refractivity contribution is 0.335. The van der Waals surface area contributed by atoms with Crippen LogP contribution in [0, 0.1) is 16.7 Å². The van der Waals surface area contributed by atoms with E-state index in [4.69, 9.17) is 43.4 Å². The molecule has 0 saturated carbocycles. The lowest BCUT2D eigenvalue weighted by Gasteiger charge is -2.44. The summed E-state index contributed by atoms with van der Waals surface area (Å²) in [7, 11) is 3.02. The average Bonchev–Trinajstić information content (AvgIpc) is 2.71.